The van der Waals surface area contributed by atoms with Gasteiger partial charge in [-0.2, -0.15) is 0 Å². The molecule has 34 heavy (non-hydrogen) atoms. The van der Waals surface area contributed by atoms with Gasteiger partial charge in [-0.05, 0) is 86.7 Å². The van der Waals surface area contributed by atoms with Gasteiger partial charge in [0.1, 0.15) is 0 Å². The molecular weight excluding hydrogens is 410 g/mol. The zero-order chi connectivity index (χ0) is 22.0. The lowest BCUT2D eigenvalue weighted by Crippen LogP contribution is -2.08. The number of fused-ring (bicyclic) bond motifs is 13. The standard InChI is InChI=1S/C33H21N/c1-3-9-22-19(7-1)16-26-23(22)13-14-24-27-17-21-15-20-8-2-5-11-30(20)34-31-12-6-4-10-25(31)32(33(21)34)29(27)18-28(24)26/h1-14,17H,15-16,18H2. The van der Waals surface area contributed by atoms with Crippen LogP contribution in [0.1, 0.15) is 33.4 Å². The Morgan fingerprint density at radius 2 is 1.24 bits per heavy atom. The van der Waals surface area contributed by atoms with Crippen LogP contribution in [0.15, 0.2) is 91.0 Å². The molecule has 2 heterocycles. The smallest absolute Gasteiger partial charge is 0.0579 e. The van der Waals surface area contributed by atoms with Crippen LogP contribution in [0.3, 0.4) is 0 Å². The Balaban J connectivity index is 1.39. The van der Waals surface area contributed by atoms with Crippen molar-refractivity contribution in [3.63, 3.8) is 0 Å². The Hall–Kier alpha value is -4.10. The molecule has 1 aromatic heterocycles. The van der Waals surface area contributed by atoms with Gasteiger partial charge in [-0.25, -0.2) is 0 Å². The van der Waals surface area contributed by atoms with E-state index in [2.05, 4.69) is 95.6 Å². The van der Waals surface area contributed by atoms with E-state index in [1.54, 1.807) is 11.1 Å². The fourth-order valence-electron chi connectivity index (χ4n) is 7.11. The highest BCUT2D eigenvalue weighted by atomic mass is 15.0. The Labute approximate surface area is 197 Å². The van der Waals surface area contributed by atoms with Crippen LogP contribution in [-0.2, 0) is 19.3 Å². The Kier molecular flexibility index (Phi) is 3.00. The lowest BCUT2D eigenvalue weighted by Gasteiger charge is -2.21. The highest BCUT2D eigenvalue weighted by molar-refractivity contribution is 6.15. The molecule has 0 saturated carbocycles. The molecule has 2 aliphatic carbocycles. The second-order valence-electron chi connectivity index (χ2n) is 10.1. The molecule has 0 bridgehead atoms. The molecule has 1 heteroatoms. The fourth-order valence-corrected chi connectivity index (χ4v) is 7.11. The highest BCUT2D eigenvalue weighted by Crippen LogP contribution is 2.51. The van der Waals surface area contributed by atoms with Crippen LogP contribution in [0.5, 0.6) is 0 Å². The lowest BCUT2D eigenvalue weighted by atomic mass is 9.92. The largest absolute Gasteiger partial charge is 0.309 e. The van der Waals surface area contributed by atoms with E-state index in [0.717, 1.165) is 19.3 Å². The Bertz CT molecular complexity index is 1880. The predicted octanol–water partition coefficient (Wildman–Crippen LogP) is 7.83. The number of aromatic nitrogens is 1. The molecule has 6 aromatic rings. The van der Waals surface area contributed by atoms with Gasteiger partial charge in [0.2, 0.25) is 0 Å². The molecule has 1 aliphatic heterocycles. The lowest BCUT2D eigenvalue weighted by molar-refractivity contribution is 1.04. The molecule has 0 radical (unpaired) electrons. The first-order chi connectivity index (χ1) is 16.9. The number of para-hydroxylation sites is 2. The second-order valence-corrected chi connectivity index (χ2v) is 10.1. The predicted molar refractivity (Wildman–Crippen MR) is 140 cm³/mol. The third-order valence-electron chi connectivity index (χ3n) is 8.49. The van der Waals surface area contributed by atoms with Crippen molar-refractivity contribution in [2.24, 2.45) is 0 Å². The molecule has 0 saturated heterocycles. The Morgan fingerprint density at radius 1 is 0.500 bits per heavy atom. The van der Waals surface area contributed by atoms with Crippen LogP contribution in [0.4, 0.5) is 0 Å². The fraction of sp³-hybridized carbons (Fsp3) is 0.0909. The van der Waals surface area contributed by atoms with E-state index in [1.165, 1.54) is 72.0 Å². The van der Waals surface area contributed by atoms with Crippen molar-refractivity contribution in [1.29, 1.82) is 0 Å². The van der Waals surface area contributed by atoms with Crippen molar-refractivity contribution >= 4 is 21.8 Å². The summed E-state index contributed by atoms with van der Waals surface area (Å²) in [5.74, 6) is 0. The summed E-state index contributed by atoms with van der Waals surface area (Å²) in [5, 5.41) is 2.86. The van der Waals surface area contributed by atoms with Crippen molar-refractivity contribution in [2.45, 2.75) is 19.3 Å². The zero-order valence-electron chi connectivity index (χ0n) is 18.7. The maximum Gasteiger partial charge on any atom is 0.0579 e. The van der Waals surface area contributed by atoms with Gasteiger partial charge in [0.15, 0.2) is 0 Å². The van der Waals surface area contributed by atoms with Gasteiger partial charge >= 0.3 is 0 Å². The van der Waals surface area contributed by atoms with Gasteiger partial charge in [-0.3, -0.25) is 0 Å². The van der Waals surface area contributed by atoms with Crippen LogP contribution in [0.25, 0.3) is 49.7 Å². The zero-order valence-corrected chi connectivity index (χ0v) is 18.7. The summed E-state index contributed by atoms with van der Waals surface area (Å²) in [6, 6.07) is 34.2. The molecule has 158 valence electrons. The molecular formula is C33H21N. The number of rotatable bonds is 0. The minimum Gasteiger partial charge on any atom is -0.309 e. The molecule has 3 aliphatic rings. The molecule has 0 N–H and O–H groups in total. The maximum atomic E-state index is 2.53. The normalized spacial score (nSPS) is 14.1. The van der Waals surface area contributed by atoms with E-state index in [9.17, 15) is 0 Å². The van der Waals surface area contributed by atoms with E-state index in [0.29, 0.717) is 0 Å². The van der Waals surface area contributed by atoms with Crippen molar-refractivity contribution < 1.29 is 0 Å². The third kappa shape index (κ3) is 1.94. The minimum atomic E-state index is 1.00. The molecule has 5 aromatic carbocycles. The molecule has 9 rings (SSSR count). The number of benzene rings is 5. The van der Waals surface area contributed by atoms with E-state index >= 15 is 0 Å². The third-order valence-corrected chi connectivity index (χ3v) is 8.49. The summed E-state index contributed by atoms with van der Waals surface area (Å²) in [7, 11) is 0. The topological polar surface area (TPSA) is 4.93 Å². The maximum absolute atomic E-state index is 2.53. The first kappa shape index (κ1) is 17.4. The highest BCUT2D eigenvalue weighted by Gasteiger charge is 2.32. The first-order valence-electron chi connectivity index (χ1n) is 12.3. The molecule has 0 fully saturated rings. The van der Waals surface area contributed by atoms with Crippen molar-refractivity contribution in [1.82, 2.24) is 4.57 Å². The van der Waals surface area contributed by atoms with Crippen molar-refractivity contribution in [3.8, 4) is 27.9 Å². The van der Waals surface area contributed by atoms with E-state index in [4.69, 9.17) is 0 Å². The van der Waals surface area contributed by atoms with Gasteiger partial charge in [-0.1, -0.05) is 72.8 Å². The molecule has 0 unspecified atom stereocenters. The van der Waals surface area contributed by atoms with Gasteiger partial charge in [0.25, 0.3) is 0 Å². The average Bonchev–Trinajstić information content (AvgIpc) is 3.55. The van der Waals surface area contributed by atoms with Crippen LogP contribution in [0.2, 0.25) is 0 Å². The van der Waals surface area contributed by atoms with Gasteiger partial charge in [0, 0.05) is 22.9 Å². The Morgan fingerprint density at radius 3 is 2.18 bits per heavy atom. The quantitative estimate of drug-likeness (QED) is 0.231. The average molecular weight is 432 g/mol. The summed E-state index contributed by atoms with van der Waals surface area (Å²) < 4.78 is 2.53. The first-order valence-corrected chi connectivity index (χ1v) is 12.3. The summed E-state index contributed by atoms with van der Waals surface area (Å²) in [6.45, 7) is 0. The van der Waals surface area contributed by atoms with Crippen LogP contribution in [0, 0.1) is 0 Å². The summed E-state index contributed by atoms with van der Waals surface area (Å²) in [4.78, 5) is 0. The van der Waals surface area contributed by atoms with Crippen molar-refractivity contribution in [3.05, 3.63) is 124 Å². The summed E-state index contributed by atoms with van der Waals surface area (Å²) in [6.07, 6.45) is 3.10. The molecule has 1 nitrogen and oxygen atoms in total. The van der Waals surface area contributed by atoms with Crippen LogP contribution in [-0.4, -0.2) is 4.57 Å². The second kappa shape index (κ2) is 5.87. The number of nitrogens with zero attached hydrogens (tertiary/aromatic N) is 1. The van der Waals surface area contributed by atoms with Crippen molar-refractivity contribution in [2.75, 3.05) is 0 Å². The summed E-state index contributed by atoms with van der Waals surface area (Å²) in [5.41, 5.74) is 18.8. The van der Waals surface area contributed by atoms with Gasteiger partial charge in [-0.15, -0.1) is 0 Å². The van der Waals surface area contributed by atoms with Crippen LogP contribution >= 0.6 is 0 Å². The number of hydrogen-bond acceptors (Lipinski definition) is 0. The minimum absolute atomic E-state index is 1.00. The van der Waals surface area contributed by atoms with Gasteiger partial charge in [0.05, 0.1) is 11.0 Å². The molecule has 0 atom stereocenters. The van der Waals surface area contributed by atoms with Crippen LogP contribution < -0.4 is 0 Å². The van der Waals surface area contributed by atoms with E-state index < -0.39 is 0 Å². The molecule has 0 spiro atoms. The molecule has 0 amide bonds. The van der Waals surface area contributed by atoms with E-state index in [-0.39, 0.29) is 0 Å². The summed E-state index contributed by atoms with van der Waals surface area (Å²) >= 11 is 0. The monoisotopic (exact) mass is 431 g/mol. The number of hydrogen-bond donors (Lipinski definition) is 0. The van der Waals surface area contributed by atoms with E-state index in [1.807, 2.05) is 0 Å². The van der Waals surface area contributed by atoms with Gasteiger partial charge < -0.3 is 4.57 Å². The SMILES string of the molecule is c1ccc2c(c1)Cc1c-2ccc2c1Cc1c-2cc2c3c1c1ccccc1n3-c1ccccc1C2.